The van der Waals surface area contributed by atoms with Crippen LogP contribution in [0.4, 0.5) is 0 Å². The van der Waals surface area contributed by atoms with Crippen LogP contribution in [0.2, 0.25) is 0 Å². The molecule has 0 amide bonds. The first-order chi connectivity index (χ1) is 8.74. The van der Waals surface area contributed by atoms with E-state index in [0.717, 1.165) is 32.7 Å². The molecule has 0 aromatic carbocycles. The van der Waals surface area contributed by atoms with Crippen LogP contribution in [-0.4, -0.2) is 61.7 Å². The topological polar surface area (TPSA) is 42.3 Å². The molecule has 0 aromatic rings. The zero-order valence-corrected chi connectivity index (χ0v) is 11.8. The van der Waals surface area contributed by atoms with Crippen molar-refractivity contribution in [2.45, 2.75) is 31.7 Å². The molecule has 1 saturated carbocycles. The smallest absolute Gasteiger partial charge is 0.122 e. The molecule has 1 aliphatic heterocycles. The minimum Gasteiger partial charge on any atom is -0.301 e. The molecular weight excluding hydrogens is 224 g/mol. The predicted octanol–water partition coefficient (Wildman–Crippen LogP) is 0.906. The lowest BCUT2D eigenvalue weighted by Crippen LogP contribution is -2.57. The van der Waals surface area contributed by atoms with Crippen molar-refractivity contribution in [3.05, 3.63) is 0 Å². The zero-order valence-electron chi connectivity index (χ0n) is 11.8. The molecule has 0 radical (unpaired) electrons. The van der Waals surface area contributed by atoms with Gasteiger partial charge in [-0.1, -0.05) is 6.92 Å². The summed E-state index contributed by atoms with van der Waals surface area (Å²) in [5.41, 5.74) is -0.299. The maximum Gasteiger partial charge on any atom is 0.122 e. The summed E-state index contributed by atoms with van der Waals surface area (Å²) in [4.78, 5) is 4.99. The van der Waals surface area contributed by atoms with Crippen molar-refractivity contribution >= 4 is 0 Å². The number of likely N-dealkylation sites (N-methyl/N-ethyl adjacent to an activating group) is 1. The van der Waals surface area contributed by atoms with Crippen molar-refractivity contribution in [3.63, 3.8) is 0 Å². The van der Waals surface area contributed by atoms with Gasteiger partial charge in [-0.2, -0.15) is 5.26 Å². The maximum atomic E-state index is 9.50. The lowest BCUT2D eigenvalue weighted by atomic mass is 9.94. The highest BCUT2D eigenvalue weighted by Gasteiger charge is 2.45. The summed E-state index contributed by atoms with van der Waals surface area (Å²) < 4.78 is 0. The Morgan fingerprint density at radius 3 is 2.28 bits per heavy atom. The van der Waals surface area contributed by atoms with Crippen molar-refractivity contribution in [1.29, 1.82) is 5.26 Å². The molecule has 1 heterocycles. The maximum absolute atomic E-state index is 9.50. The summed E-state index contributed by atoms with van der Waals surface area (Å²) in [7, 11) is 1.94. The molecule has 2 fully saturated rings. The summed E-state index contributed by atoms with van der Waals surface area (Å²) in [6.07, 6.45) is 3.66. The van der Waals surface area contributed by atoms with Crippen molar-refractivity contribution in [1.82, 2.24) is 15.1 Å². The highest BCUT2D eigenvalue weighted by molar-refractivity contribution is 5.16. The average Bonchev–Trinajstić information content (AvgIpc) is 3.23. The summed E-state index contributed by atoms with van der Waals surface area (Å²) in [5, 5.41) is 12.8. The molecule has 1 atom stereocenters. The quantitative estimate of drug-likeness (QED) is 0.761. The number of hydrogen-bond donors (Lipinski definition) is 1. The molecule has 0 bridgehead atoms. The minimum atomic E-state index is -0.299. The Morgan fingerprint density at radius 2 is 1.83 bits per heavy atom. The fraction of sp³-hybridized carbons (Fsp3) is 0.929. The van der Waals surface area contributed by atoms with Crippen molar-refractivity contribution in [3.8, 4) is 6.07 Å². The van der Waals surface area contributed by atoms with Gasteiger partial charge in [0.15, 0.2) is 0 Å². The number of piperazine rings is 1. The van der Waals surface area contributed by atoms with Crippen LogP contribution in [0, 0.1) is 17.2 Å². The van der Waals surface area contributed by atoms with Gasteiger partial charge in [0.2, 0.25) is 0 Å². The first kappa shape index (κ1) is 13.8. The Morgan fingerprint density at radius 1 is 1.22 bits per heavy atom. The molecule has 0 spiro atoms. The van der Waals surface area contributed by atoms with E-state index >= 15 is 0 Å². The molecule has 1 aliphatic carbocycles. The van der Waals surface area contributed by atoms with Crippen molar-refractivity contribution < 1.29 is 0 Å². The number of nitriles is 1. The van der Waals surface area contributed by atoms with Crippen LogP contribution in [0.3, 0.4) is 0 Å². The van der Waals surface area contributed by atoms with Crippen molar-refractivity contribution in [2.24, 2.45) is 5.92 Å². The van der Waals surface area contributed by atoms with E-state index in [4.69, 9.17) is 0 Å². The second-order valence-electron chi connectivity index (χ2n) is 5.73. The van der Waals surface area contributed by atoms with E-state index in [9.17, 15) is 5.26 Å². The van der Waals surface area contributed by atoms with Crippen LogP contribution in [0.1, 0.15) is 26.2 Å². The molecule has 1 unspecified atom stereocenters. The van der Waals surface area contributed by atoms with E-state index < -0.39 is 0 Å². The highest BCUT2D eigenvalue weighted by Crippen LogP contribution is 2.39. The van der Waals surface area contributed by atoms with Crippen molar-refractivity contribution in [2.75, 3.05) is 46.3 Å². The normalized spacial score (nSPS) is 25.6. The van der Waals surface area contributed by atoms with Gasteiger partial charge in [0.25, 0.3) is 0 Å². The number of rotatable bonds is 6. The van der Waals surface area contributed by atoms with E-state index in [-0.39, 0.29) is 5.54 Å². The van der Waals surface area contributed by atoms with Gasteiger partial charge in [-0.05, 0) is 38.8 Å². The van der Waals surface area contributed by atoms with Crippen LogP contribution in [-0.2, 0) is 0 Å². The number of hydrogen-bond acceptors (Lipinski definition) is 4. The Kier molecular flexibility index (Phi) is 4.60. The summed E-state index contributed by atoms with van der Waals surface area (Å²) >= 11 is 0. The molecular formula is C14H26N4. The van der Waals surface area contributed by atoms with E-state index in [1.807, 2.05) is 7.05 Å². The molecule has 0 aromatic heterocycles. The summed E-state index contributed by atoms with van der Waals surface area (Å²) in [6, 6.07) is 2.54. The van der Waals surface area contributed by atoms with Gasteiger partial charge in [0.05, 0.1) is 6.07 Å². The summed E-state index contributed by atoms with van der Waals surface area (Å²) in [6.45, 7) is 8.88. The molecule has 1 N–H and O–H groups in total. The lowest BCUT2D eigenvalue weighted by molar-refractivity contribution is 0.109. The molecule has 102 valence electrons. The van der Waals surface area contributed by atoms with E-state index in [1.54, 1.807) is 0 Å². The zero-order chi connectivity index (χ0) is 13.0. The molecule has 1 saturated heterocycles. The fourth-order valence-corrected chi connectivity index (χ4v) is 3.01. The molecule has 2 rings (SSSR count). The monoisotopic (exact) mass is 250 g/mol. The predicted molar refractivity (Wildman–Crippen MR) is 73.3 cm³/mol. The number of nitrogens with zero attached hydrogens (tertiary/aromatic N) is 3. The van der Waals surface area contributed by atoms with Gasteiger partial charge in [-0.25, -0.2) is 0 Å². The van der Waals surface area contributed by atoms with Gasteiger partial charge >= 0.3 is 0 Å². The molecule has 2 aliphatic rings. The van der Waals surface area contributed by atoms with E-state index in [1.165, 1.54) is 25.8 Å². The highest BCUT2D eigenvalue weighted by atomic mass is 15.3. The third kappa shape index (κ3) is 3.03. The van der Waals surface area contributed by atoms with E-state index in [2.05, 4.69) is 28.1 Å². The van der Waals surface area contributed by atoms with E-state index in [0.29, 0.717) is 5.92 Å². The van der Waals surface area contributed by atoms with Crippen LogP contribution in [0.15, 0.2) is 0 Å². The van der Waals surface area contributed by atoms with Crippen LogP contribution in [0.5, 0.6) is 0 Å². The third-order valence-corrected chi connectivity index (χ3v) is 4.40. The Bertz CT molecular complexity index is 299. The van der Waals surface area contributed by atoms with Crippen LogP contribution >= 0.6 is 0 Å². The van der Waals surface area contributed by atoms with Crippen LogP contribution in [0.25, 0.3) is 0 Å². The molecule has 4 heteroatoms. The van der Waals surface area contributed by atoms with Crippen LogP contribution < -0.4 is 5.32 Å². The largest absolute Gasteiger partial charge is 0.301 e. The SMILES string of the molecule is CCCN1CCN(CC(C#N)(NC)C2CC2)CC1. The van der Waals surface area contributed by atoms with Gasteiger partial charge < -0.3 is 10.2 Å². The lowest BCUT2D eigenvalue weighted by Gasteiger charge is -2.39. The molecule has 18 heavy (non-hydrogen) atoms. The number of nitrogens with one attached hydrogen (secondary N) is 1. The van der Waals surface area contributed by atoms with Gasteiger partial charge in [0.1, 0.15) is 5.54 Å². The average molecular weight is 250 g/mol. The molecule has 4 nitrogen and oxygen atoms in total. The third-order valence-electron chi connectivity index (χ3n) is 4.40. The Labute approximate surface area is 111 Å². The second kappa shape index (κ2) is 6.01. The Hall–Kier alpha value is -0.630. The Balaban J connectivity index is 1.84. The standard InChI is InChI=1S/C14H26N4/c1-3-6-17-7-9-18(10-8-17)12-14(11-15,16-2)13-4-5-13/h13,16H,3-10,12H2,1-2H3. The van der Waals surface area contributed by atoms with Gasteiger partial charge in [-0.15, -0.1) is 0 Å². The van der Waals surface area contributed by atoms with Gasteiger partial charge in [-0.3, -0.25) is 4.90 Å². The second-order valence-corrected chi connectivity index (χ2v) is 5.73. The van der Waals surface area contributed by atoms with Gasteiger partial charge in [0, 0.05) is 32.7 Å². The first-order valence-electron chi connectivity index (χ1n) is 7.29. The fourth-order valence-electron chi connectivity index (χ4n) is 3.01. The summed E-state index contributed by atoms with van der Waals surface area (Å²) in [5.74, 6) is 0.571. The minimum absolute atomic E-state index is 0.299. The first-order valence-corrected chi connectivity index (χ1v) is 7.29.